The molecule has 1 amide bonds. The molecule has 1 fully saturated rings. The number of hydrogen-bond acceptors (Lipinski definition) is 3. The Morgan fingerprint density at radius 1 is 1.33 bits per heavy atom. The monoisotopic (exact) mass is 323 g/mol. The van der Waals surface area contributed by atoms with Crippen LogP contribution in [0, 0.1) is 13.8 Å². The van der Waals surface area contributed by atoms with Gasteiger partial charge in [-0.15, -0.1) is 0 Å². The highest BCUT2D eigenvalue weighted by atomic mass is 16.5. The van der Waals surface area contributed by atoms with Crippen LogP contribution < -0.4 is 0 Å². The predicted octanol–water partition coefficient (Wildman–Crippen LogP) is 3.61. The molecule has 5 nitrogen and oxygen atoms in total. The molecule has 0 bridgehead atoms. The second kappa shape index (κ2) is 5.82. The fourth-order valence-electron chi connectivity index (χ4n) is 3.70. The Morgan fingerprint density at radius 3 is 2.96 bits per heavy atom. The molecule has 1 aliphatic heterocycles. The lowest BCUT2D eigenvalue weighted by Crippen LogP contribution is -2.33. The van der Waals surface area contributed by atoms with Gasteiger partial charge in [-0.3, -0.25) is 4.79 Å². The number of nitrogens with zero attached hydrogens (tertiary/aromatic N) is 3. The molecular formula is C19H21N3O2. The maximum atomic E-state index is 12.9. The number of rotatable bonds is 3. The van der Waals surface area contributed by atoms with Crippen LogP contribution in [-0.2, 0) is 11.3 Å². The molecule has 4 rings (SSSR count). The highest BCUT2D eigenvalue weighted by Crippen LogP contribution is 2.32. The summed E-state index contributed by atoms with van der Waals surface area (Å²) in [6.45, 7) is 5.13. The van der Waals surface area contributed by atoms with Crippen LogP contribution in [0.5, 0.6) is 0 Å². The first-order valence-corrected chi connectivity index (χ1v) is 8.40. The molecule has 0 spiro atoms. The second-order valence-corrected chi connectivity index (χ2v) is 6.57. The minimum atomic E-state index is 0.0154. The topological polar surface area (TPSA) is 51.3 Å². The molecule has 1 unspecified atom stereocenters. The summed E-state index contributed by atoms with van der Waals surface area (Å²) in [4.78, 5) is 14.8. The van der Waals surface area contributed by atoms with Crippen LogP contribution in [0.25, 0.3) is 10.9 Å². The highest BCUT2D eigenvalue weighted by molar-refractivity contribution is 5.86. The van der Waals surface area contributed by atoms with Crippen molar-refractivity contribution in [1.29, 1.82) is 0 Å². The Morgan fingerprint density at radius 2 is 2.17 bits per heavy atom. The number of para-hydroxylation sites is 1. The summed E-state index contributed by atoms with van der Waals surface area (Å²) in [7, 11) is 0. The molecule has 24 heavy (non-hydrogen) atoms. The fourth-order valence-corrected chi connectivity index (χ4v) is 3.70. The number of carbonyl (C=O) groups is 1. The summed E-state index contributed by atoms with van der Waals surface area (Å²) in [5.41, 5.74) is 3.16. The van der Waals surface area contributed by atoms with Crippen LogP contribution in [0.1, 0.15) is 35.9 Å². The summed E-state index contributed by atoms with van der Waals surface area (Å²) in [5.74, 6) is 0.930. The second-order valence-electron chi connectivity index (χ2n) is 6.57. The van der Waals surface area contributed by atoms with Gasteiger partial charge in [-0.1, -0.05) is 23.4 Å². The first-order valence-electron chi connectivity index (χ1n) is 8.40. The van der Waals surface area contributed by atoms with Gasteiger partial charge in [0.2, 0.25) is 5.91 Å². The third kappa shape index (κ3) is 2.50. The van der Waals surface area contributed by atoms with Crippen molar-refractivity contribution in [2.75, 3.05) is 6.54 Å². The third-order valence-electron chi connectivity index (χ3n) is 4.84. The SMILES string of the molecule is Cc1cc(C2CCCN2C(=O)Cn2cc(C)c3ccccc32)on1. The van der Waals surface area contributed by atoms with E-state index in [0.29, 0.717) is 6.54 Å². The highest BCUT2D eigenvalue weighted by Gasteiger charge is 2.32. The van der Waals surface area contributed by atoms with Crippen LogP contribution in [-0.4, -0.2) is 27.1 Å². The number of amides is 1. The van der Waals surface area contributed by atoms with Gasteiger partial charge in [0.25, 0.3) is 0 Å². The van der Waals surface area contributed by atoms with Gasteiger partial charge in [0.05, 0.1) is 11.7 Å². The minimum absolute atomic E-state index is 0.0154. The molecule has 1 aromatic carbocycles. The van der Waals surface area contributed by atoms with Crippen molar-refractivity contribution in [3.8, 4) is 0 Å². The van der Waals surface area contributed by atoms with Gasteiger partial charge in [-0.05, 0) is 38.3 Å². The lowest BCUT2D eigenvalue weighted by Gasteiger charge is -2.23. The van der Waals surface area contributed by atoms with E-state index in [1.807, 2.05) is 34.6 Å². The lowest BCUT2D eigenvalue weighted by atomic mass is 10.1. The summed E-state index contributed by atoms with van der Waals surface area (Å²) in [6.07, 6.45) is 4.00. The van der Waals surface area contributed by atoms with Crippen LogP contribution in [0.2, 0.25) is 0 Å². The summed E-state index contributed by atoms with van der Waals surface area (Å²) in [6, 6.07) is 10.2. The molecule has 1 saturated heterocycles. The molecule has 3 aromatic rings. The summed E-state index contributed by atoms with van der Waals surface area (Å²) < 4.78 is 7.45. The number of benzene rings is 1. The molecule has 5 heteroatoms. The smallest absolute Gasteiger partial charge is 0.243 e. The Kier molecular flexibility index (Phi) is 3.63. The Labute approximate surface area is 140 Å². The summed E-state index contributed by atoms with van der Waals surface area (Å²) >= 11 is 0. The molecule has 3 heterocycles. The minimum Gasteiger partial charge on any atom is -0.359 e. The number of likely N-dealkylation sites (tertiary alicyclic amines) is 1. The van der Waals surface area contributed by atoms with Gasteiger partial charge in [-0.2, -0.15) is 0 Å². The fraction of sp³-hybridized carbons (Fsp3) is 0.368. The van der Waals surface area contributed by atoms with E-state index in [-0.39, 0.29) is 11.9 Å². The Balaban J connectivity index is 1.59. The van der Waals surface area contributed by atoms with Gasteiger partial charge in [0.1, 0.15) is 6.54 Å². The van der Waals surface area contributed by atoms with E-state index in [1.165, 1.54) is 10.9 Å². The largest absolute Gasteiger partial charge is 0.359 e. The molecule has 2 aromatic heterocycles. The number of aryl methyl sites for hydroxylation is 2. The van der Waals surface area contributed by atoms with E-state index in [2.05, 4.69) is 30.4 Å². The Hall–Kier alpha value is -2.56. The molecule has 0 saturated carbocycles. The molecule has 0 aliphatic carbocycles. The number of carbonyl (C=O) groups excluding carboxylic acids is 1. The summed E-state index contributed by atoms with van der Waals surface area (Å²) in [5, 5.41) is 5.17. The number of fused-ring (bicyclic) bond motifs is 1. The van der Waals surface area contributed by atoms with Gasteiger partial charge in [0, 0.05) is 29.7 Å². The maximum Gasteiger partial charge on any atom is 0.243 e. The van der Waals surface area contributed by atoms with E-state index in [4.69, 9.17) is 4.52 Å². The van der Waals surface area contributed by atoms with E-state index >= 15 is 0 Å². The average molecular weight is 323 g/mol. The van der Waals surface area contributed by atoms with Crippen molar-refractivity contribution in [2.45, 2.75) is 39.3 Å². The molecule has 124 valence electrons. The zero-order chi connectivity index (χ0) is 16.7. The van der Waals surface area contributed by atoms with Gasteiger partial charge >= 0.3 is 0 Å². The quantitative estimate of drug-likeness (QED) is 0.740. The van der Waals surface area contributed by atoms with Crippen molar-refractivity contribution >= 4 is 16.8 Å². The van der Waals surface area contributed by atoms with Crippen molar-refractivity contribution in [1.82, 2.24) is 14.6 Å². The van der Waals surface area contributed by atoms with Crippen molar-refractivity contribution in [3.63, 3.8) is 0 Å². The maximum absolute atomic E-state index is 12.9. The van der Waals surface area contributed by atoms with Crippen LogP contribution in [0.15, 0.2) is 41.1 Å². The van der Waals surface area contributed by atoms with E-state index < -0.39 is 0 Å². The van der Waals surface area contributed by atoms with Gasteiger partial charge in [0.15, 0.2) is 5.76 Å². The third-order valence-corrected chi connectivity index (χ3v) is 4.84. The van der Waals surface area contributed by atoms with E-state index in [9.17, 15) is 4.79 Å². The van der Waals surface area contributed by atoms with Crippen LogP contribution >= 0.6 is 0 Å². The van der Waals surface area contributed by atoms with Gasteiger partial charge in [-0.25, -0.2) is 0 Å². The molecule has 0 radical (unpaired) electrons. The molecule has 1 aliphatic rings. The first kappa shape index (κ1) is 15.0. The van der Waals surface area contributed by atoms with Crippen molar-refractivity contribution < 1.29 is 9.32 Å². The number of aromatic nitrogens is 2. The van der Waals surface area contributed by atoms with E-state index in [0.717, 1.165) is 36.4 Å². The Bertz CT molecular complexity index is 893. The number of hydrogen-bond donors (Lipinski definition) is 0. The van der Waals surface area contributed by atoms with E-state index in [1.54, 1.807) is 0 Å². The molecular weight excluding hydrogens is 302 g/mol. The predicted molar refractivity (Wildman–Crippen MR) is 91.6 cm³/mol. The van der Waals surface area contributed by atoms with Crippen molar-refractivity contribution in [2.24, 2.45) is 0 Å². The zero-order valence-corrected chi connectivity index (χ0v) is 14.0. The molecule has 1 atom stereocenters. The van der Waals surface area contributed by atoms with Crippen LogP contribution in [0.3, 0.4) is 0 Å². The average Bonchev–Trinajstić information content (AvgIpc) is 3.28. The standard InChI is InChI=1S/C19H21N3O2/c1-13-11-21(16-7-4-3-6-15(13)16)12-19(23)22-9-5-8-17(22)18-10-14(2)20-24-18/h3-4,6-7,10-11,17H,5,8-9,12H2,1-2H3. The first-order chi connectivity index (χ1) is 11.6. The zero-order valence-electron chi connectivity index (χ0n) is 14.0. The normalized spacial score (nSPS) is 17.8. The van der Waals surface area contributed by atoms with Gasteiger partial charge < -0.3 is 14.0 Å². The van der Waals surface area contributed by atoms with Crippen molar-refractivity contribution in [3.05, 3.63) is 53.5 Å². The lowest BCUT2D eigenvalue weighted by molar-refractivity contribution is -0.133. The van der Waals surface area contributed by atoms with Crippen LogP contribution in [0.4, 0.5) is 0 Å². The molecule has 0 N–H and O–H groups in total.